The summed E-state index contributed by atoms with van der Waals surface area (Å²) in [7, 11) is 3.22. The second-order valence-corrected chi connectivity index (χ2v) is 7.87. The highest BCUT2D eigenvalue weighted by Gasteiger charge is 2.27. The summed E-state index contributed by atoms with van der Waals surface area (Å²) in [5.74, 6) is 1.68. The lowest BCUT2D eigenvalue weighted by atomic mass is 10.1. The molecule has 0 bridgehead atoms. The zero-order chi connectivity index (χ0) is 21.2. The maximum Gasteiger partial charge on any atom is 0.242 e. The molecule has 0 saturated heterocycles. The second-order valence-electron chi connectivity index (χ2n) is 6.89. The van der Waals surface area contributed by atoms with E-state index in [2.05, 4.69) is 36.5 Å². The molecule has 0 aliphatic heterocycles. The Kier molecular flexibility index (Phi) is 9.06. The number of aryl methyl sites for hydroxylation is 1. The van der Waals surface area contributed by atoms with Crippen molar-refractivity contribution >= 4 is 23.6 Å². The van der Waals surface area contributed by atoms with Crippen LogP contribution in [0.15, 0.2) is 48.5 Å². The third-order valence-corrected chi connectivity index (χ3v) is 5.75. The number of benzene rings is 2. The van der Waals surface area contributed by atoms with Crippen LogP contribution >= 0.6 is 11.8 Å². The van der Waals surface area contributed by atoms with Gasteiger partial charge in [-0.15, -0.1) is 11.8 Å². The number of hydrogen-bond donors (Lipinski definition) is 1. The summed E-state index contributed by atoms with van der Waals surface area (Å²) in [5, 5.41) is 2.68. The molecule has 2 amide bonds. The van der Waals surface area contributed by atoms with Gasteiger partial charge in [-0.25, -0.2) is 0 Å². The second kappa shape index (κ2) is 11.5. The average molecular weight is 415 g/mol. The lowest BCUT2D eigenvalue weighted by Crippen LogP contribution is -2.48. The summed E-state index contributed by atoms with van der Waals surface area (Å²) in [6.45, 7) is 4.37. The fraction of sp³-hybridized carbons (Fsp3) is 0.391. The van der Waals surface area contributed by atoms with E-state index in [1.807, 2.05) is 31.2 Å². The van der Waals surface area contributed by atoms with Crippen LogP contribution in [0.5, 0.6) is 5.75 Å². The molecule has 0 aliphatic rings. The SMILES string of the molecule is CC[C@H](C(=O)NC)N(Cc1ccc(OC)cc1)C(=O)CSCc1ccc(C)cc1. The van der Waals surface area contributed by atoms with E-state index in [0.29, 0.717) is 18.7 Å². The number of carbonyl (C=O) groups excluding carboxylic acids is 2. The molecule has 0 fully saturated rings. The summed E-state index contributed by atoms with van der Waals surface area (Å²) in [5.41, 5.74) is 3.37. The van der Waals surface area contributed by atoms with Crippen molar-refractivity contribution in [3.05, 3.63) is 65.2 Å². The van der Waals surface area contributed by atoms with E-state index < -0.39 is 6.04 Å². The predicted octanol–water partition coefficient (Wildman–Crippen LogP) is 3.79. The quantitative estimate of drug-likeness (QED) is 0.643. The molecule has 1 N–H and O–H groups in total. The van der Waals surface area contributed by atoms with Crippen molar-refractivity contribution in [1.29, 1.82) is 0 Å². The van der Waals surface area contributed by atoms with E-state index >= 15 is 0 Å². The lowest BCUT2D eigenvalue weighted by molar-refractivity contribution is -0.139. The molecule has 0 radical (unpaired) electrons. The number of likely N-dealkylation sites (N-methyl/N-ethyl adjacent to an activating group) is 1. The summed E-state index contributed by atoms with van der Waals surface area (Å²) < 4.78 is 5.20. The number of carbonyl (C=O) groups is 2. The van der Waals surface area contributed by atoms with Crippen molar-refractivity contribution in [1.82, 2.24) is 10.2 Å². The van der Waals surface area contributed by atoms with E-state index in [-0.39, 0.29) is 11.8 Å². The molecule has 0 unspecified atom stereocenters. The number of thioether (sulfide) groups is 1. The van der Waals surface area contributed by atoms with Crippen molar-refractivity contribution in [2.24, 2.45) is 0 Å². The van der Waals surface area contributed by atoms with Crippen LogP contribution in [0.1, 0.15) is 30.0 Å². The molecule has 0 aromatic heterocycles. The van der Waals surface area contributed by atoms with E-state index in [0.717, 1.165) is 17.1 Å². The minimum absolute atomic E-state index is 0.0339. The minimum atomic E-state index is -0.491. The van der Waals surface area contributed by atoms with Gasteiger partial charge in [0.1, 0.15) is 11.8 Å². The smallest absolute Gasteiger partial charge is 0.242 e. The number of rotatable bonds is 10. The highest BCUT2D eigenvalue weighted by atomic mass is 32.2. The van der Waals surface area contributed by atoms with Gasteiger partial charge in [-0.1, -0.05) is 48.9 Å². The van der Waals surface area contributed by atoms with Crippen LogP contribution in [-0.2, 0) is 21.9 Å². The highest BCUT2D eigenvalue weighted by Crippen LogP contribution is 2.19. The van der Waals surface area contributed by atoms with Crippen LogP contribution in [-0.4, -0.2) is 42.7 Å². The highest BCUT2D eigenvalue weighted by molar-refractivity contribution is 7.99. The van der Waals surface area contributed by atoms with Crippen molar-refractivity contribution in [2.45, 2.75) is 38.6 Å². The molecule has 0 heterocycles. The van der Waals surface area contributed by atoms with Gasteiger partial charge >= 0.3 is 0 Å². The van der Waals surface area contributed by atoms with Gasteiger partial charge in [-0.3, -0.25) is 9.59 Å². The summed E-state index contributed by atoms with van der Waals surface area (Å²) in [6.07, 6.45) is 0.560. The van der Waals surface area contributed by atoms with Gasteiger partial charge in [-0.2, -0.15) is 0 Å². The van der Waals surface area contributed by atoms with Crippen LogP contribution in [0.25, 0.3) is 0 Å². The topological polar surface area (TPSA) is 58.6 Å². The van der Waals surface area contributed by atoms with Crippen LogP contribution in [0.3, 0.4) is 0 Å². The Morgan fingerprint density at radius 3 is 2.24 bits per heavy atom. The Balaban J connectivity index is 2.08. The Morgan fingerprint density at radius 1 is 1.07 bits per heavy atom. The van der Waals surface area contributed by atoms with Gasteiger partial charge in [0.25, 0.3) is 0 Å². The Morgan fingerprint density at radius 2 is 1.69 bits per heavy atom. The molecule has 5 nitrogen and oxygen atoms in total. The number of methoxy groups -OCH3 is 1. The van der Waals surface area contributed by atoms with Crippen LogP contribution < -0.4 is 10.1 Å². The fourth-order valence-corrected chi connectivity index (χ4v) is 3.91. The van der Waals surface area contributed by atoms with Crippen molar-refractivity contribution in [2.75, 3.05) is 19.9 Å². The molecule has 156 valence electrons. The molecule has 0 saturated carbocycles. The number of amides is 2. The molecule has 0 spiro atoms. The van der Waals surface area contributed by atoms with Crippen LogP contribution in [0, 0.1) is 6.92 Å². The molecule has 2 aromatic carbocycles. The first kappa shape index (κ1) is 22.8. The zero-order valence-corrected chi connectivity index (χ0v) is 18.4. The number of hydrogen-bond acceptors (Lipinski definition) is 4. The largest absolute Gasteiger partial charge is 0.497 e. The third kappa shape index (κ3) is 6.82. The fourth-order valence-electron chi connectivity index (χ4n) is 3.04. The van der Waals surface area contributed by atoms with Crippen molar-refractivity contribution < 1.29 is 14.3 Å². The Hall–Kier alpha value is -2.47. The number of ether oxygens (including phenoxy) is 1. The van der Waals surface area contributed by atoms with E-state index in [1.165, 1.54) is 11.1 Å². The van der Waals surface area contributed by atoms with E-state index in [9.17, 15) is 9.59 Å². The first-order chi connectivity index (χ1) is 14.0. The Labute approximate surface area is 177 Å². The summed E-state index contributed by atoms with van der Waals surface area (Å²) in [4.78, 5) is 27.1. The van der Waals surface area contributed by atoms with Gasteiger partial charge < -0.3 is 15.0 Å². The minimum Gasteiger partial charge on any atom is -0.497 e. The standard InChI is InChI=1S/C23H30N2O3S/c1-5-21(23(27)24-3)25(14-18-10-12-20(28-4)13-11-18)22(26)16-29-15-19-8-6-17(2)7-9-19/h6-13,21H,5,14-16H2,1-4H3,(H,24,27)/t21-/m1/s1. The maximum atomic E-state index is 13.0. The number of nitrogens with one attached hydrogen (secondary N) is 1. The summed E-state index contributed by atoms with van der Waals surface area (Å²) >= 11 is 1.57. The molecule has 2 aromatic rings. The van der Waals surface area contributed by atoms with Gasteiger partial charge in [0.15, 0.2) is 0 Å². The van der Waals surface area contributed by atoms with Crippen molar-refractivity contribution in [3.63, 3.8) is 0 Å². The molecular weight excluding hydrogens is 384 g/mol. The van der Waals surface area contributed by atoms with Gasteiger partial charge in [0, 0.05) is 19.3 Å². The van der Waals surface area contributed by atoms with Gasteiger partial charge in [0.05, 0.1) is 12.9 Å². The molecule has 0 aliphatic carbocycles. The van der Waals surface area contributed by atoms with Crippen molar-refractivity contribution in [3.8, 4) is 5.75 Å². The molecule has 2 rings (SSSR count). The predicted molar refractivity (Wildman–Crippen MR) is 119 cm³/mol. The van der Waals surface area contributed by atoms with Gasteiger partial charge in [-0.05, 0) is 36.6 Å². The molecular formula is C23H30N2O3S. The maximum absolute atomic E-state index is 13.0. The lowest BCUT2D eigenvalue weighted by Gasteiger charge is -2.30. The van der Waals surface area contributed by atoms with Gasteiger partial charge in [0.2, 0.25) is 11.8 Å². The van der Waals surface area contributed by atoms with E-state index in [1.54, 1.807) is 30.8 Å². The first-order valence-corrected chi connectivity index (χ1v) is 10.9. The normalized spacial score (nSPS) is 11.6. The monoisotopic (exact) mass is 414 g/mol. The average Bonchev–Trinajstić information content (AvgIpc) is 2.75. The molecule has 6 heteroatoms. The third-order valence-electron chi connectivity index (χ3n) is 4.76. The molecule has 1 atom stereocenters. The van der Waals surface area contributed by atoms with Crippen LogP contribution in [0.2, 0.25) is 0 Å². The Bertz CT molecular complexity index is 791. The number of nitrogens with zero attached hydrogens (tertiary/aromatic N) is 1. The molecule has 29 heavy (non-hydrogen) atoms. The van der Waals surface area contributed by atoms with E-state index in [4.69, 9.17) is 4.74 Å². The summed E-state index contributed by atoms with van der Waals surface area (Å²) in [6, 6.07) is 15.4. The zero-order valence-electron chi connectivity index (χ0n) is 17.6. The first-order valence-electron chi connectivity index (χ1n) is 9.75. The van der Waals surface area contributed by atoms with Crippen LogP contribution in [0.4, 0.5) is 0 Å².